The number of hydrogen-bond acceptors (Lipinski definition) is 3. The predicted molar refractivity (Wildman–Crippen MR) is 92.5 cm³/mol. The summed E-state index contributed by atoms with van der Waals surface area (Å²) in [7, 11) is 0. The molecule has 1 fully saturated rings. The van der Waals surface area contributed by atoms with Crippen LogP contribution in [-0.4, -0.2) is 29.8 Å². The van der Waals surface area contributed by atoms with Gasteiger partial charge >= 0.3 is 0 Å². The van der Waals surface area contributed by atoms with Gasteiger partial charge in [0, 0.05) is 29.6 Å². The molecule has 118 valence electrons. The van der Waals surface area contributed by atoms with Crippen LogP contribution in [0, 0.1) is 19.3 Å². The summed E-state index contributed by atoms with van der Waals surface area (Å²) >= 11 is 0. The molecule has 0 spiro atoms. The molecule has 3 rings (SSSR count). The van der Waals surface area contributed by atoms with E-state index in [9.17, 15) is 5.11 Å². The van der Waals surface area contributed by atoms with Crippen molar-refractivity contribution >= 4 is 16.6 Å². The molecule has 0 amide bonds. The highest BCUT2D eigenvalue weighted by Gasteiger charge is 2.37. The summed E-state index contributed by atoms with van der Waals surface area (Å²) in [5, 5.41) is 11.1. The van der Waals surface area contributed by atoms with Gasteiger partial charge in [0.2, 0.25) is 0 Å². The number of anilines is 1. The van der Waals surface area contributed by atoms with Gasteiger partial charge in [-0.2, -0.15) is 0 Å². The lowest BCUT2D eigenvalue weighted by atomic mass is 9.83. The number of hydrogen-bond donors (Lipinski definition) is 1. The number of aryl methyl sites for hydroxylation is 1. The van der Waals surface area contributed by atoms with E-state index < -0.39 is 0 Å². The van der Waals surface area contributed by atoms with Gasteiger partial charge in [-0.1, -0.05) is 31.5 Å². The molecule has 0 bridgehead atoms. The van der Waals surface area contributed by atoms with Crippen molar-refractivity contribution < 1.29 is 5.11 Å². The number of pyridine rings is 1. The lowest BCUT2D eigenvalue weighted by molar-refractivity contribution is 0.134. The molecule has 0 saturated carbocycles. The van der Waals surface area contributed by atoms with E-state index in [1.807, 2.05) is 6.07 Å². The van der Waals surface area contributed by atoms with E-state index in [0.717, 1.165) is 43.6 Å². The zero-order valence-corrected chi connectivity index (χ0v) is 13.9. The zero-order valence-electron chi connectivity index (χ0n) is 13.9. The summed E-state index contributed by atoms with van der Waals surface area (Å²) < 4.78 is 0. The highest BCUT2D eigenvalue weighted by Crippen LogP contribution is 2.40. The van der Waals surface area contributed by atoms with Crippen molar-refractivity contribution in [3.8, 4) is 0 Å². The average molecular weight is 298 g/mol. The maximum absolute atomic E-state index is 9.91. The molecule has 2 aromatic rings. The van der Waals surface area contributed by atoms with Crippen molar-refractivity contribution in [1.29, 1.82) is 0 Å². The molecule has 22 heavy (non-hydrogen) atoms. The second kappa shape index (κ2) is 5.88. The van der Waals surface area contributed by atoms with Gasteiger partial charge in [0.1, 0.15) is 0 Å². The van der Waals surface area contributed by atoms with Gasteiger partial charge in [-0.15, -0.1) is 0 Å². The van der Waals surface area contributed by atoms with Crippen molar-refractivity contribution in [2.45, 2.75) is 40.0 Å². The summed E-state index contributed by atoms with van der Waals surface area (Å²) in [5.74, 6) is 0. The van der Waals surface area contributed by atoms with E-state index in [-0.39, 0.29) is 5.41 Å². The fraction of sp³-hybridized carbons (Fsp3) is 0.526. The number of nitrogens with zero attached hydrogens (tertiary/aromatic N) is 2. The first kappa shape index (κ1) is 15.3. The molecule has 1 N–H and O–H groups in total. The lowest BCUT2D eigenvalue weighted by Gasteiger charge is -2.29. The molecular weight excluding hydrogens is 272 g/mol. The molecule has 1 aromatic carbocycles. The third kappa shape index (κ3) is 2.48. The first-order valence-electron chi connectivity index (χ1n) is 8.32. The highest BCUT2D eigenvalue weighted by atomic mass is 16.3. The van der Waals surface area contributed by atoms with Crippen molar-refractivity contribution in [3.63, 3.8) is 0 Å². The molecule has 1 saturated heterocycles. The van der Waals surface area contributed by atoms with Crippen molar-refractivity contribution in [1.82, 2.24) is 4.98 Å². The Hall–Kier alpha value is -1.61. The topological polar surface area (TPSA) is 36.4 Å². The quantitative estimate of drug-likeness (QED) is 0.931. The summed E-state index contributed by atoms with van der Waals surface area (Å²) in [6.45, 7) is 8.73. The van der Waals surface area contributed by atoms with Gasteiger partial charge in [-0.25, -0.2) is 0 Å². The van der Waals surface area contributed by atoms with Crippen LogP contribution in [0.4, 0.5) is 5.69 Å². The Morgan fingerprint density at radius 2 is 2.05 bits per heavy atom. The minimum atomic E-state index is 0.0689. The third-order valence-corrected chi connectivity index (χ3v) is 5.22. The third-order valence-electron chi connectivity index (χ3n) is 5.22. The number of fused-ring (bicyclic) bond motifs is 1. The molecule has 3 heteroatoms. The van der Waals surface area contributed by atoms with E-state index >= 15 is 0 Å². The molecule has 3 nitrogen and oxygen atoms in total. The number of aliphatic hydroxyl groups excluding tert-OH is 1. The molecule has 1 atom stereocenters. The Bertz CT molecular complexity index is 682. The van der Waals surface area contributed by atoms with E-state index in [1.165, 1.54) is 16.6 Å². The molecule has 1 aromatic heterocycles. The zero-order chi connectivity index (χ0) is 15.7. The van der Waals surface area contributed by atoms with Gasteiger partial charge < -0.3 is 10.0 Å². The molecule has 1 aliphatic rings. The van der Waals surface area contributed by atoms with Crippen LogP contribution in [0.3, 0.4) is 0 Å². The van der Waals surface area contributed by atoms with Crippen LogP contribution in [0.15, 0.2) is 24.3 Å². The fourth-order valence-electron chi connectivity index (χ4n) is 3.89. The van der Waals surface area contributed by atoms with Gasteiger partial charge in [0.15, 0.2) is 0 Å². The average Bonchev–Trinajstić information content (AvgIpc) is 2.93. The maximum Gasteiger partial charge on any atom is 0.0726 e. The van der Waals surface area contributed by atoms with Crippen LogP contribution in [-0.2, 0) is 0 Å². The van der Waals surface area contributed by atoms with Crippen LogP contribution in [0.2, 0.25) is 0 Å². The summed E-state index contributed by atoms with van der Waals surface area (Å²) in [6.07, 6.45) is 3.30. The van der Waals surface area contributed by atoms with Crippen molar-refractivity contribution in [2.75, 3.05) is 24.6 Å². The number of para-hydroxylation sites is 1. The Kier molecular flexibility index (Phi) is 4.09. The number of aliphatic hydroxyl groups is 1. The Morgan fingerprint density at radius 1 is 1.27 bits per heavy atom. The Morgan fingerprint density at radius 3 is 2.77 bits per heavy atom. The second-order valence-electron chi connectivity index (χ2n) is 6.77. The van der Waals surface area contributed by atoms with Crippen LogP contribution >= 0.6 is 0 Å². The van der Waals surface area contributed by atoms with Crippen LogP contribution in [0.1, 0.15) is 37.4 Å². The smallest absolute Gasteiger partial charge is 0.0726 e. The van der Waals surface area contributed by atoms with E-state index in [4.69, 9.17) is 4.98 Å². The maximum atomic E-state index is 9.91. The largest absolute Gasteiger partial charge is 0.396 e. The van der Waals surface area contributed by atoms with Crippen LogP contribution in [0.25, 0.3) is 10.9 Å². The number of rotatable bonds is 4. The minimum absolute atomic E-state index is 0.0689. The van der Waals surface area contributed by atoms with Gasteiger partial charge in [-0.05, 0) is 38.3 Å². The second-order valence-corrected chi connectivity index (χ2v) is 6.77. The SMILES string of the molecule is CCCC1(CO)CCN(c2c(C)c(C)nc3ccccc23)C1. The summed E-state index contributed by atoms with van der Waals surface area (Å²) in [6, 6.07) is 8.40. The van der Waals surface area contributed by atoms with E-state index in [0.29, 0.717) is 6.61 Å². The fourth-order valence-corrected chi connectivity index (χ4v) is 3.89. The number of benzene rings is 1. The van der Waals surface area contributed by atoms with Gasteiger partial charge in [0.25, 0.3) is 0 Å². The van der Waals surface area contributed by atoms with Crippen LogP contribution < -0.4 is 4.90 Å². The molecular formula is C19H26N2O. The number of aromatic nitrogens is 1. The molecule has 0 aliphatic carbocycles. The van der Waals surface area contributed by atoms with Crippen molar-refractivity contribution in [2.24, 2.45) is 5.41 Å². The molecule has 1 unspecified atom stereocenters. The minimum Gasteiger partial charge on any atom is -0.396 e. The first-order chi connectivity index (χ1) is 10.6. The summed E-state index contributed by atoms with van der Waals surface area (Å²) in [4.78, 5) is 7.19. The van der Waals surface area contributed by atoms with Crippen LogP contribution in [0.5, 0.6) is 0 Å². The monoisotopic (exact) mass is 298 g/mol. The molecule has 2 heterocycles. The standard InChI is InChI=1S/C19H26N2O/c1-4-9-19(13-22)10-11-21(12-19)18-14(2)15(3)20-17-8-6-5-7-16(17)18/h5-8,22H,4,9-13H2,1-3H3. The Balaban J connectivity index is 2.06. The normalized spacial score (nSPS) is 21.7. The predicted octanol–water partition coefficient (Wildman–Crippen LogP) is 3.84. The lowest BCUT2D eigenvalue weighted by Crippen LogP contribution is -2.30. The highest BCUT2D eigenvalue weighted by molar-refractivity contribution is 5.94. The Labute approximate surface area is 133 Å². The van der Waals surface area contributed by atoms with Crippen molar-refractivity contribution in [3.05, 3.63) is 35.5 Å². The molecule has 0 radical (unpaired) electrons. The van der Waals surface area contributed by atoms with E-state index in [1.54, 1.807) is 0 Å². The first-order valence-corrected chi connectivity index (χ1v) is 8.32. The molecule has 1 aliphatic heterocycles. The van der Waals surface area contributed by atoms with E-state index in [2.05, 4.69) is 43.9 Å². The van der Waals surface area contributed by atoms with Gasteiger partial charge in [0.05, 0.1) is 17.8 Å². The summed E-state index contributed by atoms with van der Waals surface area (Å²) in [5.41, 5.74) is 4.82. The van der Waals surface area contributed by atoms with Gasteiger partial charge in [-0.3, -0.25) is 4.98 Å².